The smallest absolute Gasteiger partial charge is 0.0434 e. The Morgan fingerprint density at radius 1 is 0.455 bits per heavy atom. The average Bonchev–Trinajstić information content (AvgIpc) is 3.53. The summed E-state index contributed by atoms with van der Waals surface area (Å²) in [5.41, 5.74) is 21.5. The van der Waals surface area contributed by atoms with Gasteiger partial charge in [-0.15, -0.1) is 11.3 Å². The maximum Gasteiger partial charge on any atom is 0.0434 e. The molecule has 0 nitrogen and oxygen atoms in total. The highest BCUT2D eigenvalue weighted by Crippen LogP contribution is 2.47. The number of hydrogen-bond donors (Lipinski definition) is 0. The zero-order valence-corrected chi connectivity index (χ0v) is 27.2. The maximum absolute atomic E-state index is 2.46. The molecule has 0 aliphatic heterocycles. The van der Waals surface area contributed by atoms with Gasteiger partial charge in [0, 0.05) is 25.7 Å². The van der Waals surface area contributed by atoms with Crippen LogP contribution in [0.1, 0.15) is 44.5 Å². The lowest BCUT2D eigenvalue weighted by Gasteiger charge is -2.15. The molecule has 214 valence electrons. The molecule has 1 aliphatic carbocycles. The number of hydrogen-bond acceptors (Lipinski definition) is 1. The lowest BCUT2D eigenvalue weighted by Crippen LogP contribution is -1.92. The van der Waals surface area contributed by atoms with Crippen LogP contribution in [0, 0.1) is 41.5 Å². The van der Waals surface area contributed by atoms with Crippen LogP contribution in [0.4, 0.5) is 0 Å². The molecule has 0 fully saturated rings. The fourth-order valence-electron chi connectivity index (χ4n) is 7.95. The van der Waals surface area contributed by atoms with Gasteiger partial charge in [-0.1, -0.05) is 77.9 Å². The van der Waals surface area contributed by atoms with Crippen LogP contribution < -0.4 is 0 Å². The summed E-state index contributed by atoms with van der Waals surface area (Å²) in [6.07, 6.45) is 1.02. The van der Waals surface area contributed by atoms with Gasteiger partial charge in [0.05, 0.1) is 0 Å². The predicted molar refractivity (Wildman–Crippen MR) is 192 cm³/mol. The van der Waals surface area contributed by atoms with Crippen molar-refractivity contribution in [3.05, 3.63) is 142 Å². The zero-order chi connectivity index (χ0) is 30.3. The van der Waals surface area contributed by atoms with E-state index in [1.807, 2.05) is 11.3 Å². The van der Waals surface area contributed by atoms with Crippen molar-refractivity contribution in [3.63, 3.8) is 0 Å². The first kappa shape index (κ1) is 27.1. The molecule has 1 aliphatic rings. The minimum atomic E-state index is 1.02. The molecule has 0 spiro atoms. The third kappa shape index (κ3) is 4.25. The summed E-state index contributed by atoms with van der Waals surface area (Å²) in [6.45, 7) is 13.4. The Kier molecular flexibility index (Phi) is 6.19. The van der Waals surface area contributed by atoms with E-state index in [1.165, 1.54) is 109 Å². The normalized spacial score (nSPS) is 12.2. The van der Waals surface area contributed by atoms with Crippen molar-refractivity contribution in [1.29, 1.82) is 0 Å². The van der Waals surface area contributed by atoms with Gasteiger partial charge < -0.3 is 0 Å². The van der Waals surface area contributed by atoms with Crippen LogP contribution in [0.25, 0.3) is 64.7 Å². The summed E-state index contributed by atoms with van der Waals surface area (Å²) in [6, 6.07) is 37.4. The Balaban J connectivity index is 1.42. The van der Waals surface area contributed by atoms with E-state index >= 15 is 0 Å². The number of thiophene rings is 1. The number of aryl methyl sites for hydroxylation is 6. The molecule has 1 aromatic heterocycles. The molecule has 8 rings (SSSR count). The summed E-state index contributed by atoms with van der Waals surface area (Å²) < 4.78 is 2.71. The molecule has 0 saturated heterocycles. The second-order valence-electron chi connectivity index (χ2n) is 13.0. The van der Waals surface area contributed by atoms with E-state index in [0.29, 0.717) is 0 Å². The van der Waals surface area contributed by atoms with E-state index in [9.17, 15) is 0 Å². The number of rotatable bonds is 3. The fraction of sp³-hybridized carbons (Fsp3) is 0.163. The van der Waals surface area contributed by atoms with Gasteiger partial charge in [-0.05, 0) is 151 Å². The van der Waals surface area contributed by atoms with E-state index in [4.69, 9.17) is 0 Å². The molecule has 0 N–H and O–H groups in total. The second-order valence-corrected chi connectivity index (χ2v) is 14.0. The van der Waals surface area contributed by atoms with Crippen LogP contribution >= 0.6 is 11.3 Å². The van der Waals surface area contributed by atoms with Crippen molar-refractivity contribution < 1.29 is 0 Å². The van der Waals surface area contributed by atoms with Crippen LogP contribution in [0.2, 0.25) is 0 Å². The van der Waals surface area contributed by atoms with Gasteiger partial charge in [0.2, 0.25) is 0 Å². The highest BCUT2D eigenvalue weighted by Gasteiger charge is 2.21. The molecule has 6 aromatic carbocycles. The molecular weight excluding hydrogens is 549 g/mol. The monoisotopic (exact) mass is 584 g/mol. The third-order valence-electron chi connectivity index (χ3n) is 9.61. The SMILES string of the molecule is Cc1cc(C)c(-c2ccc3sc4c(-c5ccc6c(c5)-c5ccccc5C6)cc(-c5c(C)cc(C)cc5C)cc4c3c2)c(C)c1. The molecule has 0 saturated carbocycles. The summed E-state index contributed by atoms with van der Waals surface area (Å²) in [4.78, 5) is 0. The number of benzene rings is 6. The van der Waals surface area contributed by atoms with Gasteiger partial charge in [0.25, 0.3) is 0 Å². The third-order valence-corrected chi connectivity index (χ3v) is 10.8. The summed E-state index contributed by atoms with van der Waals surface area (Å²) >= 11 is 1.93. The quantitative estimate of drug-likeness (QED) is 0.194. The molecule has 0 unspecified atom stereocenters. The van der Waals surface area contributed by atoms with Gasteiger partial charge in [-0.2, -0.15) is 0 Å². The van der Waals surface area contributed by atoms with E-state index in [1.54, 1.807) is 0 Å². The minimum absolute atomic E-state index is 1.02. The molecule has 1 heterocycles. The molecule has 0 atom stereocenters. The second kappa shape index (κ2) is 10.0. The van der Waals surface area contributed by atoms with E-state index < -0.39 is 0 Å². The zero-order valence-electron chi connectivity index (χ0n) is 26.4. The predicted octanol–water partition coefficient (Wildman–Crippen LogP) is 12.5. The maximum atomic E-state index is 2.46. The Morgan fingerprint density at radius 2 is 1.02 bits per heavy atom. The van der Waals surface area contributed by atoms with Crippen molar-refractivity contribution >= 4 is 31.5 Å². The highest BCUT2D eigenvalue weighted by molar-refractivity contribution is 7.26. The van der Waals surface area contributed by atoms with Gasteiger partial charge in [0.1, 0.15) is 0 Å². The van der Waals surface area contributed by atoms with Crippen molar-refractivity contribution in [3.8, 4) is 44.5 Å². The molecular formula is C43H36S. The van der Waals surface area contributed by atoms with Gasteiger partial charge in [0.15, 0.2) is 0 Å². The Bertz CT molecular complexity index is 2260. The fourth-order valence-corrected chi connectivity index (χ4v) is 9.15. The van der Waals surface area contributed by atoms with Gasteiger partial charge in [-0.3, -0.25) is 0 Å². The molecule has 0 bridgehead atoms. The largest absolute Gasteiger partial charge is 0.135 e. The lowest BCUT2D eigenvalue weighted by molar-refractivity contribution is 1.26. The summed E-state index contributed by atoms with van der Waals surface area (Å²) in [5, 5.41) is 2.70. The van der Waals surface area contributed by atoms with Crippen molar-refractivity contribution in [2.24, 2.45) is 0 Å². The first-order valence-corrected chi connectivity index (χ1v) is 16.4. The first-order chi connectivity index (χ1) is 21.2. The van der Waals surface area contributed by atoms with Crippen molar-refractivity contribution in [2.45, 2.75) is 48.0 Å². The molecule has 7 aromatic rings. The molecule has 0 radical (unpaired) electrons. The van der Waals surface area contributed by atoms with Crippen LogP contribution in [-0.2, 0) is 6.42 Å². The van der Waals surface area contributed by atoms with Crippen LogP contribution in [-0.4, -0.2) is 0 Å². The lowest BCUT2D eigenvalue weighted by atomic mass is 9.89. The van der Waals surface area contributed by atoms with Gasteiger partial charge in [-0.25, -0.2) is 0 Å². The average molecular weight is 585 g/mol. The molecule has 44 heavy (non-hydrogen) atoms. The standard InChI is InChI=1S/C43H36S/c1-24-15-26(3)41(27(4)16-24)33-13-14-40-38(21-33)39-23-34(42-28(5)17-25(2)18-29(42)6)22-37(43(39)44-40)32-12-11-31-19-30-9-7-8-10-35(30)36(31)20-32/h7-18,20-23H,19H2,1-6H3. The van der Waals surface area contributed by atoms with E-state index in [2.05, 4.69) is 139 Å². The Hall–Kier alpha value is -4.46. The summed E-state index contributed by atoms with van der Waals surface area (Å²) in [7, 11) is 0. The minimum Gasteiger partial charge on any atom is -0.135 e. The van der Waals surface area contributed by atoms with Crippen LogP contribution in [0.15, 0.2) is 97.1 Å². The van der Waals surface area contributed by atoms with Crippen molar-refractivity contribution in [1.82, 2.24) is 0 Å². The Labute approximate surface area is 264 Å². The van der Waals surface area contributed by atoms with Crippen LogP contribution in [0.3, 0.4) is 0 Å². The molecule has 1 heteroatoms. The highest BCUT2D eigenvalue weighted by atomic mass is 32.1. The van der Waals surface area contributed by atoms with Crippen molar-refractivity contribution in [2.75, 3.05) is 0 Å². The van der Waals surface area contributed by atoms with E-state index in [0.717, 1.165) is 6.42 Å². The van der Waals surface area contributed by atoms with E-state index in [-0.39, 0.29) is 0 Å². The molecule has 0 amide bonds. The van der Waals surface area contributed by atoms with Crippen LogP contribution in [0.5, 0.6) is 0 Å². The first-order valence-electron chi connectivity index (χ1n) is 15.6. The van der Waals surface area contributed by atoms with Gasteiger partial charge >= 0.3 is 0 Å². The number of fused-ring (bicyclic) bond motifs is 6. The summed E-state index contributed by atoms with van der Waals surface area (Å²) in [5.74, 6) is 0. The topological polar surface area (TPSA) is 0 Å². The Morgan fingerprint density at radius 3 is 1.73 bits per heavy atom.